The summed E-state index contributed by atoms with van der Waals surface area (Å²) in [5.41, 5.74) is 2.21. The lowest BCUT2D eigenvalue weighted by atomic mass is 10.2. The van der Waals surface area contributed by atoms with E-state index in [1.807, 2.05) is 37.3 Å². The van der Waals surface area contributed by atoms with Gasteiger partial charge in [0.1, 0.15) is 11.5 Å². The molecule has 0 bridgehead atoms. The lowest BCUT2D eigenvalue weighted by Gasteiger charge is -2.15. The van der Waals surface area contributed by atoms with E-state index in [0.29, 0.717) is 16.8 Å². The maximum absolute atomic E-state index is 6.25. The molecule has 21 heavy (non-hydrogen) atoms. The smallest absolute Gasteiger partial charge is 0.146 e. The first-order chi connectivity index (χ1) is 9.95. The molecule has 4 heteroatoms. The fourth-order valence-electron chi connectivity index (χ4n) is 1.89. The molecule has 0 unspecified atom stereocenters. The second-order valence-corrected chi connectivity index (χ2v) is 6.65. The SMILES string of the molecule is Cc1ccc(Oc2cc(Br)ccc2CNC(C)C)c(Cl)c1. The average molecular weight is 369 g/mol. The van der Waals surface area contributed by atoms with Crippen LogP contribution in [0.25, 0.3) is 0 Å². The predicted molar refractivity (Wildman–Crippen MR) is 92.4 cm³/mol. The van der Waals surface area contributed by atoms with E-state index in [1.54, 1.807) is 0 Å². The molecule has 2 nitrogen and oxygen atoms in total. The van der Waals surface area contributed by atoms with Crippen molar-refractivity contribution in [3.63, 3.8) is 0 Å². The molecule has 0 saturated heterocycles. The molecule has 2 rings (SSSR count). The van der Waals surface area contributed by atoms with Gasteiger partial charge in [-0.25, -0.2) is 0 Å². The van der Waals surface area contributed by atoms with Gasteiger partial charge in [-0.3, -0.25) is 0 Å². The van der Waals surface area contributed by atoms with E-state index in [2.05, 4.69) is 41.2 Å². The first-order valence-electron chi connectivity index (χ1n) is 6.91. The summed E-state index contributed by atoms with van der Waals surface area (Å²) in [6.45, 7) is 7.00. The zero-order valence-electron chi connectivity index (χ0n) is 12.4. The fourth-order valence-corrected chi connectivity index (χ4v) is 2.50. The van der Waals surface area contributed by atoms with Gasteiger partial charge in [0.2, 0.25) is 0 Å². The van der Waals surface area contributed by atoms with Gasteiger partial charge >= 0.3 is 0 Å². The van der Waals surface area contributed by atoms with E-state index < -0.39 is 0 Å². The Balaban J connectivity index is 2.27. The highest BCUT2D eigenvalue weighted by atomic mass is 79.9. The molecular weight excluding hydrogens is 350 g/mol. The van der Waals surface area contributed by atoms with E-state index in [9.17, 15) is 0 Å². The van der Waals surface area contributed by atoms with Crippen molar-refractivity contribution >= 4 is 27.5 Å². The van der Waals surface area contributed by atoms with Gasteiger partial charge in [-0.05, 0) is 36.8 Å². The predicted octanol–water partition coefficient (Wildman–Crippen LogP) is 5.70. The monoisotopic (exact) mass is 367 g/mol. The molecule has 0 amide bonds. The van der Waals surface area contributed by atoms with Crippen molar-refractivity contribution < 1.29 is 4.74 Å². The zero-order chi connectivity index (χ0) is 15.4. The second kappa shape index (κ2) is 7.30. The number of aryl methyl sites for hydroxylation is 1. The Morgan fingerprint density at radius 2 is 1.90 bits per heavy atom. The van der Waals surface area contributed by atoms with Crippen LogP contribution in [-0.4, -0.2) is 6.04 Å². The number of hydrogen-bond acceptors (Lipinski definition) is 2. The normalized spacial score (nSPS) is 11.0. The van der Waals surface area contributed by atoms with E-state index >= 15 is 0 Å². The minimum Gasteiger partial charge on any atom is -0.455 e. The third-order valence-electron chi connectivity index (χ3n) is 3.04. The highest BCUT2D eigenvalue weighted by Crippen LogP contribution is 2.33. The molecule has 2 aromatic carbocycles. The summed E-state index contributed by atoms with van der Waals surface area (Å²) in [6, 6.07) is 12.2. The lowest BCUT2D eigenvalue weighted by molar-refractivity contribution is 0.469. The Hall–Kier alpha value is -1.03. The minimum atomic E-state index is 0.421. The number of nitrogens with one attached hydrogen (secondary N) is 1. The van der Waals surface area contributed by atoms with Crippen LogP contribution < -0.4 is 10.1 Å². The van der Waals surface area contributed by atoms with Crippen LogP contribution >= 0.6 is 27.5 Å². The standard InChI is InChI=1S/C17H19BrClNO/c1-11(2)20-10-13-5-6-14(18)9-17(13)21-16-7-4-12(3)8-15(16)19/h4-9,11,20H,10H2,1-3H3. The number of halogens is 2. The van der Waals surface area contributed by atoms with Crippen LogP contribution in [0.1, 0.15) is 25.0 Å². The summed E-state index contributed by atoms with van der Waals surface area (Å²) in [5, 5.41) is 4.03. The Morgan fingerprint density at radius 1 is 1.14 bits per heavy atom. The van der Waals surface area contributed by atoms with Crippen LogP contribution in [0.5, 0.6) is 11.5 Å². The van der Waals surface area contributed by atoms with Crippen molar-refractivity contribution in [2.24, 2.45) is 0 Å². The van der Waals surface area contributed by atoms with Crippen LogP contribution in [0, 0.1) is 6.92 Å². The number of benzene rings is 2. The van der Waals surface area contributed by atoms with Crippen LogP contribution in [0.3, 0.4) is 0 Å². The summed E-state index contributed by atoms with van der Waals surface area (Å²) in [6.07, 6.45) is 0. The van der Waals surface area contributed by atoms with Crippen molar-refractivity contribution in [1.82, 2.24) is 5.32 Å². The first kappa shape index (κ1) is 16.3. The number of ether oxygens (including phenoxy) is 1. The van der Waals surface area contributed by atoms with Gasteiger partial charge in [0.25, 0.3) is 0 Å². The van der Waals surface area contributed by atoms with Crippen LogP contribution in [0.4, 0.5) is 0 Å². The highest BCUT2D eigenvalue weighted by Gasteiger charge is 2.09. The van der Waals surface area contributed by atoms with Crippen LogP contribution in [-0.2, 0) is 6.54 Å². The first-order valence-corrected chi connectivity index (χ1v) is 8.08. The van der Waals surface area contributed by atoms with Crippen LogP contribution in [0.15, 0.2) is 40.9 Å². The molecule has 0 heterocycles. The third-order valence-corrected chi connectivity index (χ3v) is 3.83. The molecule has 0 aliphatic heterocycles. The molecule has 2 aromatic rings. The van der Waals surface area contributed by atoms with Crippen LogP contribution in [0.2, 0.25) is 5.02 Å². The van der Waals surface area contributed by atoms with Crippen molar-refractivity contribution in [1.29, 1.82) is 0 Å². The van der Waals surface area contributed by atoms with Gasteiger partial charge in [0.05, 0.1) is 5.02 Å². The van der Waals surface area contributed by atoms with Crippen molar-refractivity contribution in [3.8, 4) is 11.5 Å². The highest BCUT2D eigenvalue weighted by molar-refractivity contribution is 9.10. The number of hydrogen-bond donors (Lipinski definition) is 1. The average Bonchev–Trinajstić information content (AvgIpc) is 2.41. The van der Waals surface area contributed by atoms with Gasteiger partial charge in [0, 0.05) is 22.6 Å². The lowest BCUT2D eigenvalue weighted by Crippen LogP contribution is -2.22. The maximum Gasteiger partial charge on any atom is 0.146 e. The van der Waals surface area contributed by atoms with Crippen molar-refractivity contribution in [2.75, 3.05) is 0 Å². The Morgan fingerprint density at radius 3 is 2.57 bits per heavy atom. The topological polar surface area (TPSA) is 21.3 Å². The molecule has 0 saturated carbocycles. The molecule has 0 fully saturated rings. The van der Waals surface area contributed by atoms with Gasteiger partial charge in [0.15, 0.2) is 0 Å². The van der Waals surface area contributed by atoms with Gasteiger partial charge in [-0.2, -0.15) is 0 Å². The van der Waals surface area contributed by atoms with Crippen molar-refractivity contribution in [2.45, 2.75) is 33.4 Å². The summed E-state index contributed by atoms with van der Waals surface area (Å²) >= 11 is 9.73. The molecule has 1 N–H and O–H groups in total. The Bertz CT molecular complexity index is 628. The molecule has 0 aliphatic rings. The molecule has 112 valence electrons. The second-order valence-electron chi connectivity index (χ2n) is 5.32. The van der Waals surface area contributed by atoms with E-state index in [4.69, 9.17) is 16.3 Å². The van der Waals surface area contributed by atoms with Gasteiger partial charge < -0.3 is 10.1 Å². The quantitative estimate of drug-likeness (QED) is 0.730. The largest absolute Gasteiger partial charge is 0.455 e. The van der Waals surface area contributed by atoms with E-state index in [-0.39, 0.29) is 0 Å². The van der Waals surface area contributed by atoms with Crippen molar-refractivity contribution in [3.05, 3.63) is 57.0 Å². The third kappa shape index (κ3) is 4.73. The molecule has 0 spiro atoms. The molecule has 0 radical (unpaired) electrons. The summed E-state index contributed by atoms with van der Waals surface area (Å²) in [5.74, 6) is 1.48. The number of rotatable bonds is 5. The summed E-state index contributed by atoms with van der Waals surface area (Å²) in [4.78, 5) is 0. The fraction of sp³-hybridized carbons (Fsp3) is 0.294. The maximum atomic E-state index is 6.25. The summed E-state index contributed by atoms with van der Waals surface area (Å²) < 4.78 is 6.99. The Kier molecular flexibility index (Phi) is 5.68. The summed E-state index contributed by atoms with van der Waals surface area (Å²) in [7, 11) is 0. The zero-order valence-corrected chi connectivity index (χ0v) is 14.8. The van der Waals surface area contributed by atoms with Gasteiger partial charge in [-0.15, -0.1) is 0 Å². The minimum absolute atomic E-state index is 0.421. The molecule has 0 aliphatic carbocycles. The van der Waals surface area contributed by atoms with Gasteiger partial charge in [-0.1, -0.05) is 53.5 Å². The van der Waals surface area contributed by atoms with E-state index in [1.165, 1.54) is 0 Å². The molecular formula is C17H19BrClNO. The molecule has 0 atom stereocenters. The Labute approximate surface area is 139 Å². The molecule has 0 aromatic heterocycles. The van der Waals surface area contributed by atoms with E-state index in [0.717, 1.165) is 27.9 Å².